The van der Waals surface area contributed by atoms with E-state index >= 15 is 0 Å². The van der Waals surface area contributed by atoms with E-state index in [1.807, 2.05) is 11.6 Å². The number of aromatic nitrogens is 2. The van der Waals surface area contributed by atoms with E-state index in [1.165, 1.54) is 5.69 Å². The molecule has 1 rings (SSSR count). The predicted octanol–water partition coefficient (Wildman–Crippen LogP) is 1.92. The Morgan fingerprint density at radius 3 is 2.70 bits per heavy atom. The molecule has 55 valence electrons. The zero-order chi connectivity index (χ0) is 7.56. The maximum atomic E-state index is 4.26. The number of hydrogen-bond donors (Lipinski definition) is 0. The van der Waals surface area contributed by atoms with Gasteiger partial charge in [0.25, 0.3) is 0 Å². The molecule has 1 radical (unpaired) electrons. The van der Waals surface area contributed by atoms with Crippen LogP contribution in [0.4, 0.5) is 0 Å². The summed E-state index contributed by atoms with van der Waals surface area (Å²) < 4.78 is 1.93. The Labute approximate surface area is 61.9 Å². The first kappa shape index (κ1) is 7.32. The third-order valence-corrected chi connectivity index (χ3v) is 1.40. The van der Waals surface area contributed by atoms with E-state index in [2.05, 4.69) is 31.6 Å². The molecule has 1 aromatic heterocycles. The van der Waals surface area contributed by atoms with E-state index in [1.54, 1.807) is 0 Å². The highest BCUT2D eigenvalue weighted by molar-refractivity contribution is 5.08. The monoisotopic (exact) mass is 137 g/mol. The van der Waals surface area contributed by atoms with Gasteiger partial charge in [-0.15, -0.1) is 0 Å². The molecule has 2 heteroatoms. The molecule has 0 amide bonds. The number of rotatable bonds is 2. The minimum Gasteiger partial charge on any atom is -0.264 e. The van der Waals surface area contributed by atoms with Gasteiger partial charge in [0.2, 0.25) is 0 Å². The van der Waals surface area contributed by atoms with Gasteiger partial charge in [0, 0.05) is 5.69 Å². The highest BCUT2D eigenvalue weighted by atomic mass is 15.3. The van der Waals surface area contributed by atoms with Crippen LogP contribution in [-0.4, -0.2) is 9.78 Å². The zero-order valence-electron chi connectivity index (χ0n) is 6.76. The molecule has 10 heavy (non-hydrogen) atoms. The number of aryl methyl sites for hydroxylation is 2. The molecule has 1 heterocycles. The Morgan fingerprint density at radius 2 is 2.30 bits per heavy atom. The van der Waals surface area contributed by atoms with Gasteiger partial charge in [-0.25, -0.2) is 0 Å². The van der Waals surface area contributed by atoms with Crippen molar-refractivity contribution >= 4 is 0 Å². The first-order valence-electron chi connectivity index (χ1n) is 3.60. The summed E-state index contributed by atoms with van der Waals surface area (Å²) in [6, 6.07) is 2.08. The molecule has 0 fully saturated rings. The standard InChI is InChI=1S/C8H13N2/c1-4-5-10-8(3)6-7(2)9-10/h5-6H,4H2,1-3H3. The largest absolute Gasteiger partial charge is 0.264 e. The van der Waals surface area contributed by atoms with Crippen LogP contribution in [0.1, 0.15) is 24.7 Å². The molecule has 0 saturated heterocycles. The summed E-state index contributed by atoms with van der Waals surface area (Å²) in [6.07, 6.45) is 1.03. The summed E-state index contributed by atoms with van der Waals surface area (Å²) >= 11 is 0. The summed E-state index contributed by atoms with van der Waals surface area (Å²) in [6.45, 7) is 8.25. The molecule has 0 saturated carbocycles. The van der Waals surface area contributed by atoms with E-state index in [-0.39, 0.29) is 0 Å². The van der Waals surface area contributed by atoms with E-state index in [4.69, 9.17) is 0 Å². The molecule has 0 aliphatic carbocycles. The maximum Gasteiger partial charge on any atom is 0.0743 e. The molecule has 1 aromatic rings. The highest BCUT2D eigenvalue weighted by Gasteiger charge is 1.97. The lowest BCUT2D eigenvalue weighted by atomic mass is 10.4. The van der Waals surface area contributed by atoms with Crippen LogP contribution in [-0.2, 0) is 0 Å². The summed E-state index contributed by atoms with van der Waals surface area (Å²) in [7, 11) is 0. The Bertz CT molecular complexity index is 213. The topological polar surface area (TPSA) is 17.8 Å². The van der Waals surface area contributed by atoms with Crippen molar-refractivity contribution in [1.29, 1.82) is 0 Å². The van der Waals surface area contributed by atoms with Gasteiger partial charge in [-0.3, -0.25) is 4.68 Å². The average molecular weight is 137 g/mol. The van der Waals surface area contributed by atoms with Crippen molar-refractivity contribution in [1.82, 2.24) is 9.78 Å². The Balaban J connectivity index is 2.81. The number of hydrogen-bond acceptors (Lipinski definition) is 1. The van der Waals surface area contributed by atoms with Gasteiger partial charge in [0.1, 0.15) is 0 Å². The molecule has 0 aliphatic rings. The molecule has 0 N–H and O–H groups in total. The summed E-state index contributed by atoms with van der Waals surface area (Å²) in [5.41, 5.74) is 2.29. The third-order valence-electron chi connectivity index (χ3n) is 1.40. The predicted molar refractivity (Wildman–Crippen MR) is 41.7 cm³/mol. The van der Waals surface area contributed by atoms with Gasteiger partial charge in [-0.05, 0) is 26.3 Å². The van der Waals surface area contributed by atoms with E-state index in [0.717, 1.165) is 12.1 Å². The first-order chi connectivity index (χ1) is 4.74. The molecule has 0 bridgehead atoms. The van der Waals surface area contributed by atoms with Gasteiger partial charge in [0.05, 0.1) is 12.2 Å². The van der Waals surface area contributed by atoms with E-state index in [0.29, 0.717) is 0 Å². The van der Waals surface area contributed by atoms with Gasteiger partial charge in [-0.1, -0.05) is 6.92 Å². The lowest BCUT2D eigenvalue weighted by Gasteiger charge is -1.98. The molecular weight excluding hydrogens is 124 g/mol. The van der Waals surface area contributed by atoms with Crippen molar-refractivity contribution in [2.75, 3.05) is 0 Å². The van der Waals surface area contributed by atoms with Crippen molar-refractivity contribution in [3.8, 4) is 0 Å². The second kappa shape index (κ2) is 2.86. The minimum atomic E-state index is 1.03. The first-order valence-corrected chi connectivity index (χ1v) is 3.60. The van der Waals surface area contributed by atoms with Crippen LogP contribution >= 0.6 is 0 Å². The summed E-state index contributed by atoms with van der Waals surface area (Å²) in [4.78, 5) is 0. The molecule has 0 unspecified atom stereocenters. The quantitative estimate of drug-likeness (QED) is 0.609. The SMILES string of the molecule is CC[CH]n1nc(C)cc1C. The van der Waals surface area contributed by atoms with Gasteiger partial charge >= 0.3 is 0 Å². The molecular formula is C8H13N2. The maximum absolute atomic E-state index is 4.26. The molecule has 2 nitrogen and oxygen atoms in total. The van der Waals surface area contributed by atoms with Crippen LogP contribution in [0.2, 0.25) is 0 Å². The van der Waals surface area contributed by atoms with Crippen LogP contribution in [0.15, 0.2) is 6.07 Å². The fourth-order valence-electron chi connectivity index (χ4n) is 1.00. The lowest BCUT2D eigenvalue weighted by molar-refractivity contribution is 0.732. The lowest BCUT2D eigenvalue weighted by Crippen LogP contribution is -1.98. The molecule has 0 aromatic carbocycles. The normalized spacial score (nSPS) is 10.3. The van der Waals surface area contributed by atoms with E-state index in [9.17, 15) is 0 Å². The highest BCUT2D eigenvalue weighted by Crippen LogP contribution is 2.02. The summed E-state index contributed by atoms with van der Waals surface area (Å²) in [5.74, 6) is 0. The van der Waals surface area contributed by atoms with Crippen molar-refractivity contribution < 1.29 is 0 Å². The van der Waals surface area contributed by atoms with Gasteiger partial charge < -0.3 is 0 Å². The molecule has 0 spiro atoms. The van der Waals surface area contributed by atoms with Gasteiger partial charge in [-0.2, -0.15) is 5.10 Å². The number of nitrogens with zero attached hydrogens (tertiary/aromatic N) is 2. The Kier molecular flexibility index (Phi) is 2.10. The second-order valence-electron chi connectivity index (χ2n) is 2.46. The van der Waals surface area contributed by atoms with Crippen molar-refractivity contribution in [3.05, 3.63) is 24.0 Å². The van der Waals surface area contributed by atoms with Crippen molar-refractivity contribution in [3.63, 3.8) is 0 Å². The van der Waals surface area contributed by atoms with Crippen LogP contribution in [0.3, 0.4) is 0 Å². The molecule has 0 aliphatic heterocycles. The fourth-order valence-corrected chi connectivity index (χ4v) is 1.00. The molecule has 0 atom stereocenters. The van der Waals surface area contributed by atoms with Gasteiger partial charge in [0.15, 0.2) is 0 Å². The average Bonchev–Trinajstić information content (AvgIpc) is 2.13. The minimum absolute atomic E-state index is 1.03. The van der Waals surface area contributed by atoms with E-state index < -0.39 is 0 Å². The zero-order valence-corrected chi connectivity index (χ0v) is 6.76. The van der Waals surface area contributed by atoms with Crippen LogP contribution < -0.4 is 0 Å². The Morgan fingerprint density at radius 1 is 1.60 bits per heavy atom. The van der Waals surface area contributed by atoms with Crippen LogP contribution in [0.25, 0.3) is 0 Å². The fraction of sp³-hybridized carbons (Fsp3) is 0.500. The van der Waals surface area contributed by atoms with Crippen LogP contribution in [0, 0.1) is 20.4 Å². The smallest absolute Gasteiger partial charge is 0.0743 e. The van der Waals surface area contributed by atoms with Crippen LogP contribution in [0.5, 0.6) is 0 Å². The summed E-state index contributed by atoms with van der Waals surface area (Å²) in [5, 5.41) is 4.26. The third kappa shape index (κ3) is 1.38. The Hall–Kier alpha value is -0.790. The van der Waals surface area contributed by atoms with Crippen molar-refractivity contribution in [2.45, 2.75) is 27.2 Å². The van der Waals surface area contributed by atoms with Crippen molar-refractivity contribution in [2.24, 2.45) is 0 Å². The second-order valence-corrected chi connectivity index (χ2v) is 2.46.